The standard InChI is InChI=1S/C15H14F2N2O/c1-2-15(20)19-12-6-4-11(5-7-12)18-14-8-3-10(16)9-13(14)17/h3-9,18H,2H2,1H3,(H,19,20). The molecule has 5 heteroatoms. The van der Waals surface area contributed by atoms with E-state index in [1.54, 1.807) is 31.2 Å². The largest absolute Gasteiger partial charge is 0.353 e. The second-order valence-corrected chi connectivity index (χ2v) is 4.23. The maximum atomic E-state index is 13.5. The minimum Gasteiger partial charge on any atom is -0.353 e. The number of hydrogen-bond donors (Lipinski definition) is 2. The molecule has 0 spiro atoms. The summed E-state index contributed by atoms with van der Waals surface area (Å²) in [5, 5.41) is 5.55. The SMILES string of the molecule is CCC(=O)Nc1ccc(Nc2ccc(F)cc2F)cc1. The summed E-state index contributed by atoms with van der Waals surface area (Å²) in [4.78, 5) is 11.2. The molecule has 0 aliphatic carbocycles. The van der Waals surface area contributed by atoms with Crippen molar-refractivity contribution in [1.82, 2.24) is 0 Å². The first-order valence-electron chi connectivity index (χ1n) is 6.20. The van der Waals surface area contributed by atoms with Gasteiger partial charge in [0.1, 0.15) is 11.6 Å². The molecule has 0 unspecified atom stereocenters. The molecule has 0 bridgehead atoms. The van der Waals surface area contributed by atoms with Crippen molar-refractivity contribution < 1.29 is 13.6 Å². The molecule has 0 radical (unpaired) electrons. The summed E-state index contributed by atoms with van der Waals surface area (Å²) in [5.74, 6) is -1.35. The van der Waals surface area contributed by atoms with Gasteiger partial charge in [0.2, 0.25) is 5.91 Å². The van der Waals surface area contributed by atoms with E-state index in [2.05, 4.69) is 10.6 Å². The van der Waals surface area contributed by atoms with E-state index in [-0.39, 0.29) is 11.6 Å². The third-order valence-corrected chi connectivity index (χ3v) is 2.70. The number of anilines is 3. The van der Waals surface area contributed by atoms with Gasteiger partial charge in [0.15, 0.2) is 0 Å². The van der Waals surface area contributed by atoms with Gasteiger partial charge in [-0.05, 0) is 36.4 Å². The first-order valence-corrected chi connectivity index (χ1v) is 6.20. The van der Waals surface area contributed by atoms with E-state index in [4.69, 9.17) is 0 Å². The van der Waals surface area contributed by atoms with Gasteiger partial charge >= 0.3 is 0 Å². The van der Waals surface area contributed by atoms with Crippen molar-refractivity contribution in [3.8, 4) is 0 Å². The maximum Gasteiger partial charge on any atom is 0.224 e. The highest BCUT2D eigenvalue weighted by molar-refractivity contribution is 5.90. The second-order valence-electron chi connectivity index (χ2n) is 4.23. The van der Waals surface area contributed by atoms with E-state index >= 15 is 0 Å². The van der Waals surface area contributed by atoms with Gasteiger partial charge in [0.05, 0.1) is 5.69 Å². The number of amides is 1. The summed E-state index contributed by atoms with van der Waals surface area (Å²) >= 11 is 0. The minimum absolute atomic E-state index is 0.0738. The Morgan fingerprint density at radius 3 is 2.30 bits per heavy atom. The summed E-state index contributed by atoms with van der Waals surface area (Å²) < 4.78 is 26.3. The number of rotatable bonds is 4. The first-order chi connectivity index (χ1) is 9.58. The lowest BCUT2D eigenvalue weighted by Gasteiger charge is -2.09. The highest BCUT2D eigenvalue weighted by Crippen LogP contribution is 2.22. The Kier molecular flexibility index (Phi) is 4.30. The van der Waals surface area contributed by atoms with Crippen LogP contribution in [-0.2, 0) is 4.79 Å². The van der Waals surface area contributed by atoms with Crippen molar-refractivity contribution in [2.45, 2.75) is 13.3 Å². The Morgan fingerprint density at radius 2 is 1.70 bits per heavy atom. The molecule has 0 aliphatic heterocycles. The van der Waals surface area contributed by atoms with Crippen molar-refractivity contribution in [3.05, 3.63) is 54.1 Å². The van der Waals surface area contributed by atoms with Gasteiger partial charge in [-0.2, -0.15) is 0 Å². The Bertz CT molecular complexity index is 612. The Labute approximate surface area is 115 Å². The molecule has 0 heterocycles. The average molecular weight is 276 g/mol. The number of hydrogen-bond acceptors (Lipinski definition) is 2. The minimum atomic E-state index is -0.659. The van der Waals surface area contributed by atoms with Crippen LogP contribution in [0.2, 0.25) is 0 Å². The molecule has 2 aromatic rings. The fourth-order valence-electron chi connectivity index (χ4n) is 1.63. The van der Waals surface area contributed by atoms with Crippen LogP contribution >= 0.6 is 0 Å². The van der Waals surface area contributed by atoms with E-state index in [9.17, 15) is 13.6 Å². The zero-order chi connectivity index (χ0) is 14.5. The van der Waals surface area contributed by atoms with Gasteiger partial charge in [-0.25, -0.2) is 8.78 Å². The van der Waals surface area contributed by atoms with Gasteiger partial charge in [0, 0.05) is 23.9 Å². The van der Waals surface area contributed by atoms with Gasteiger partial charge in [-0.15, -0.1) is 0 Å². The van der Waals surface area contributed by atoms with Crippen LogP contribution in [0.1, 0.15) is 13.3 Å². The third-order valence-electron chi connectivity index (χ3n) is 2.70. The van der Waals surface area contributed by atoms with Crippen LogP contribution in [0.25, 0.3) is 0 Å². The molecule has 0 fully saturated rings. The molecule has 0 saturated carbocycles. The molecule has 0 atom stereocenters. The number of nitrogens with one attached hydrogen (secondary N) is 2. The molecule has 3 nitrogen and oxygen atoms in total. The van der Waals surface area contributed by atoms with Crippen LogP contribution < -0.4 is 10.6 Å². The maximum absolute atomic E-state index is 13.5. The van der Waals surface area contributed by atoms with E-state index in [0.717, 1.165) is 6.07 Å². The van der Waals surface area contributed by atoms with Gasteiger partial charge in [-0.1, -0.05) is 6.92 Å². The van der Waals surface area contributed by atoms with Crippen LogP contribution in [0.3, 0.4) is 0 Å². The lowest BCUT2D eigenvalue weighted by atomic mass is 10.2. The summed E-state index contributed by atoms with van der Waals surface area (Å²) in [7, 11) is 0. The molecule has 0 aromatic heterocycles. The lowest BCUT2D eigenvalue weighted by Crippen LogP contribution is -2.09. The molecular weight excluding hydrogens is 262 g/mol. The van der Waals surface area contributed by atoms with E-state index < -0.39 is 11.6 Å². The predicted octanol–water partition coefficient (Wildman–Crippen LogP) is 4.06. The van der Waals surface area contributed by atoms with E-state index in [1.807, 2.05) is 0 Å². The van der Waals surface area contributed by atoms with E-state index in [1.165, 1.54) is 12.1 Å². The topological polar surface area (TPSA) is 41.1 Å². The third kappa shape index (κ3) is 3.54. The number of halogens is 2. The fourth-order valence-corrected chi connectivity index (χ4v) is 1.63. The van der Waals surface area contributed by atoms with Gasteiger partial charge < -0.3 is 10.6 Å². The van der Waals surface area contributed by atoms with Gasteiger partial charge in [-0.3, -0.25) is 4.79 Å². The summed E-state index contributed by atoms with van der Waals surface area (Å²) in [6.45, 7) is 1.77. The average Bonchev–Trinajstić information content (AvgIpc) is 2.44. The Morgan fingerprint density at radius 1 is 1.05 bits per heavy atom. The zero-order valence-electron chi connectivity index (χ0n) is 10.9. The van der Waals surface area contributed by atoms with Crippen molar-refractivity contribution in [1.29, 1.82) is 0 Å². The highest BCUT2D eigenvalue weighted by Gasteiger charge is 2.04. The monoisotopic (exact) mass is 276 g/mol. The molecule has 0 aliphatic rings. The number of benzene rings is 2. The highest BCUT2D eigenvalue weighted by atomic mass is 19.1. The molecule has 2 N–H and O–H groups in total. The molecule has 104 valence electrons. The normalized spacial score (nSPS) is 10.2. The summed E-state index contributed by atoms with van der Waals surface area (Å²) in [6, 6.07) is 10.1. The van der Waals surface area contributed by atoms with Crippen LogP contribution in [0.15, 0.2) is 42.5 Å². The number of carbonyl (C=O) groups is 1. The molecule has 2 aromatic carbocycles. The Balaban J connectivity index is 2.08. The van der Waals surface area contributed by atoms with Gasteiger partial charge in [0.25, 0.3) is 0 Å². The fraction of sp³-hybridized carbons (Fsp3) is 0.133. The van der Waals surface area contributed by atoms with Crippen molar-refractivity contribution in [3.63, 3.8) is 0 Å². The van der Waals surface area contributed by atoms with Crippen LogP contribution in [0.5, 0.6) is 0 Å². The van der Waals surface area contributed by atoms with Crippen molar-refractivity contribution in [2.24, 2.45) is 0 Å². The zero-order valence-corrected chi connectivity index (χ0v) is 10.9. The van der Waals surface area contributed by atoms with Crippen LogP contribution in [0, 0.1) is 11.6 Å². The smallest absolute Gasteiger partial charge is 0.224 e. The molecule has 0 saturated heterocycles. The Hall–Kier alpha value is -2.43. The lowest BCUT2D eigenvalue weighted by molar-refractivity contribution is -0.115. The quantitative estimate of drug-likeness (QED) is 0.884. The van der Waals surface area contributed by atoms with Crippen LogP contribution in [0.4, 0.5) is 25.8 Å². The summed E-state index contributed by atoms with van der Waals surface area (Å²) in [6.07, 6.45) is 0.404. The predicted molar refractivity (Wildman–Crippen MR) is 75.0 cm³/mol. The molecule has 20 heavy (non-hydrogen) atoms. The molecule has 1 amide bonds. The molecule has 2 rings (SSSR count). The summed E-state index contributed by atoms with van der Waals surface area (Å²) in [5.41, 5.74) is 1.50. The van der Waals surface area contributed by atoms with Crippen molar-refractivity contribution in [2.75, 3.05) is 10.6 Å². The van der Waals surface area contributed by atoms with Crippen LogP contribution in [-0.4, -0.2) is 5.91 Å². The van der Waals surface area contributed by atoms with Crippen molar-refractivity contribution >= 4 is 23.0 Å². The first kappa shape index (κ1) is 14.0. The number of carbonyl (C=O) groups excluding carboxylic acids is 1. The second kappa shape index (κ2) is 6.14. The van der Waals surface area contributed by atoms with E-state index in [0.29, 0.717) is 17.8 Å². The molecular formula is C15H14F2N2O.